The molecule has 0 unspecified atom stereocenters. The van der Waals surface area contributed by atoms with Gasteiger partial charge in [0.25, 0.3) is 0 Å². The molecule has 0 aromatic heterocycles. The lowest BCUT2D eigenvalue weighted by molar-refractivity contribution is 0.552. The molecule has 1 aromatic carbocycles. The number of rotatable bonds is 4. The summed E-state index contributed by atoms with van der Waals surface area (Å²) in [7, 11) is 0. The van der Waals surface area contributed by atoms with Crippen LogP contribution in [0.4, 0.5) is 5.69 Å². The van der Waals surface area contributed by atoms with E-state index < -0.39 is 0 Å². The lowest BCUT2D eigenvalue weighted by Gasteiger charge is -2.22. The zero-order valence-electron chi connectivity index (χ0n) is 7.53. The average molecular weight is 191 g/mol. The van der Waals surface area contributed by atoms with Gasteiger partial charge >= 0.3 is 0 Å². The van der Waals surface area contributed by atoms with Crippen LogP contribution in [0.25, 0.3) is 0 Å². The fourth-order valence-corrected chi connectivity index (χ4v) is 1.01. The Morgan fingerprint density at radius 3 is 2.64 bits per heavy atom. The van der Waals surface area contributed by atoms with Gasteiger partial charge in [0, 0.05) is 0 Å². The van der Waals surface area contributed by atoms with Crippen molar-refractivity contribution in [1.82, 2.24) is 5.43 Å². The summed E-state index contributed by atoms with van der Waals surface area (Å²) < 4.78 is 0. The van der Waals surface area contributed by atoms with Crippen molar-refractivity contribution in [3.8, 4) is 0 Å². The van der Waals surface area contributed by atoms with Gasteiger partial charge in [-0.15, -0.1) is 0 Å². The molecule has 0 fully saturated rings. The highest BCUT2D eigenvalue weighted by atomic mass is 16.1. The molecule has 0 spiro atoms. The van der Waals surface area contributed by atoms with E-state index in [0.29, 0.717) is 0 Å². The van der Waals surface area contributed by atoms with Crippen molar-refractivity contribution in [2.45, 2.75) is 0 Å². The van der Waals surface area contributed by atoms with Gasteiger partial charge in [0.05, 0.1) is 5.69 Å². The number of nitrogens with one attached hydrogen (secondary N) is 2. The smallest absolute Gasteiger partial charge is 0.221 e. The summed E-state index contributed by atoms with van der Waals surface area (Å²) in [5, 5.41) is 8.49. The molecule has 0 saturated heterocycles. The van der Waals surface area contributed by atoms with Gasteiger partial charge in [-0.25, -0.2) is 0 Å². The maximum Gasteiger partial charge on any atom is 0.221 e. The molecule has 0 atom stereocenters. The molecule has 0 bridgehead atoms. The Morgan fingerprint density at radius 1 is 1.50 bits per heavy atom. The van der Waals surface area contributed by atoms with Crippen LogP contribution in [-0.4, -0.2) is 18.8 Å². The molecule has 4 N–H and O–H groups in total. The number of hydrazine groups is 1. The van der Waals surface area contributed by atoms with Gasteiger partial charge in [-0.05, 0) is 12.1 Å². The first-order chi connectivity index (χ1) is 6.74. The monoisotopic (exact) mass is 191 g/mol. The highest BCUT2D eigenvalue weighted by Crippen LogP contribution is 2.09. The Morgan fingerprint density at radius 2 is 2.14 bits per heavy atom. The van der Waals surface area contributed by atoms with E-state index in [2.05, 4.69) is 5.43 Å². The summed E-state index contributed by atoms with van der Waals surface area (Å²) in [6.45, 7) is 0.0175. The molecule has 1 radical (unpaired) electrons. The number of hydrogen-bond donors (Lipinski definition) is 3. The first-order valence-electron chi connectivity index (χ1n) is 4.02. The Kier molecular flexibility index (Phi) is 3.49. The number of guanidine groups is 1. The molecule has 5 heteroatoms. The summed E-state index contributed by atoms with van der Waals surface area (Å²) in [6, 6.07) is 9.12. The van der Waals surface area contributed by atoms with Gasteiger partial charge in [0.15, 0.2) is 0 Å². The number of anilines is 1. The molecule has 0 heterocycles. The predicted molar refractivity (Wildman–Crippen MR) is 54.5 cm³/mol. The zero-order chi connectivity index (χ0) is 10.4. The van der Waals surface area contributed by atoms with Crippen molar-refractivity contribution >= 4 is 17.9 Å². The minimum absolute atomic E-state index is 0.0175. The molecular formula is C9H11N4O. The minimum atomic E-state index is -0.218. The van der Waals surface area contributed by atoms with E-state index in [4.69, 9.17) is 11.1 Å². The van der Waals surface area contributed by atoms with Crippen LogP contribution < -0.4 is 16.2 Å². The van der Waals surface area contributed by atoms with E-state index in [1.807, 2.05) is 18.2 Å². The SMILES string of the molecule is N=C(N)NN(C[C]=O)c1ccccc1. The number of nitrogens with two attached hydrogens (primary N) is 1. The van der Waals surface area contributed by atoms with Gasteiger partial charge in [-0.2, -0.15) is 0 Å². The van der Waals surface area contributed by atoms with E-state index >= 15 is 0 Å². The van der Waals surface area contributed by atoms with Gasteiger partial charge in [-0.1, -0.05) is 18.2 Å². The topological polar surface area (TPSA) is 82.2 Å². The Bertz CT molecular complexity index is 312. The number of nitrogens with zero attached hydrogens (tertiary/aromatic N) is 1. The Labute approximate surface area is 82.0 Å². The molecule has 73 valence electrons. The lowest BCUT2D eigenvalue weighted by Crippen LogP contribution is -2.46. The van der Waals surface area contributed by atoms with E-state index in [0.717, 1.165) is 5.69 Å². The van der Waals surface area contributed by atoms with E-state index in [-0.39, 0.29) is 12.5 Å². The molecule has 0 aliphatic heterocycles. The second kappa shape index (κ2) is 4.86. The summed E-state index contributed by atoms with van der Waals surface area (Å²) in [5.41, 5.74) is 8.45. The van der Waals surface area contributed by atoms with Crippen molar-refractivity contribution < 1.29 is 4.79 Å². The van der Waals surface area contributed by atoms with Crippen LogP contribution >= 0.6 is 0 Å². The molecule has 0 amide bonds. The van der Waals surface area contributed by atoms with Crippen LogP contribution in [0.2, 0.25) is 0 Å². The van der Waals surface area contributed by atoms with Crippen LogP contribution in [-0.2, 0) is 4.79 Å². The molecule has 0 aliphatic carbocycles. The minimum Gasteiger partial charge on any atom is -0.369 e. The molecule has 0 saturated carbocycles. The summed E-state index contributed by atoms with van der Waals surface area (Å²) in [6.07, 6.45) is 1.73. The van der Waals surface area contributed by atoms with E-state index in [1.165, 1.54) is 5.01 Å². The van der Waals surface area contributed by atoms with Crippen molar-refractivity contribution in [2.24, 2.45) is 5.73 Å². The Balaban J connectivity index is 2.77. The van der Waals surface area contributed by atoms with Gasteiger partial charge in [-0.3, -0.25) is 20.6 Å². The first kappa shape index (κ1) is 10.0. The van der Waals surface area contributed by atoms with Crippen molar-refractivity contribution in [3.05, 3.63) is 30.3 Å². The van der Waals surface area contributed by atoms with Crippen LogP contribution in [0.3, 0.4) is 0 Å². The summed E-state index contributed by atoms with van der Waals surface area (Å²) in [4.78, 5) is 10.3. The fraction of sp³-hybridized carbons (Fsp3) is 0.111. The maximum absolute atomic E-state index is 10.3. The quantitative estimate of drug-likeness (QED) is 0.355. The van der Waals surface area contributed by atoms with Crippen molar-refractivity contribution in [1.29, 1.82) is 5.41 Å². The highest BCUT2D eigenvalue weighted by molar-refractivity contribution is 5.77. The number of benzene rings is 1. The van der Waals surface area contributed by atoms with Crippen LogP contribution in [0.1, 0.15) is 0 Å². The second-order valence-corrected chi connectivity index (χ2v) is 2.59. The zero-order valence-corrected chi connectivity index (χ0v) is 7.53. The normalized spacial score (nSPS) is 9.14. The van der Waals surface area contributed by atoms with Crippen LogP contribution in [0.5, 0.6) is 0 Å². The first-order valence-corrected chi connectivity index (χ1v) is 4.02. The van der Waals surface area contributed by atoms with Gasteiger partial charge in [0.1, 0.15) is 6.54 Å². The molecule has 1 rings (SSSR count). The lowest BCUT2D eigenvalue weighted by atomic mass is 10.3. The fourth-order valence-electron chi connectivity index (χ4n) is 1.01. The third-order valence-corrected chi connectivity index (χ3v) is 1.55. The number of hydrogen-bond acceptors (Lipinski definition) is 3. The number of carbonyl (C=O) groups excluding carboxylic acids is 1. The van der Waals surface area contributed by atoms with Crippen molar-refractivity contribution in [3.63, 3.8) is 0 Å². The summed E-state index contributed by atoms with van der Waals surface area (Å²) >= 11 is 0. The maximum atomic E-state index is 10.3. The molecule has 1 aromatic rings. The standard InChI is InChI=1S/C9H11N4O/c10-9(11)12-13(6-7-14)8-4-2-1-3-5-8/h1-5H,6H2,(H4,10,11,12). The molecule has 0 aliphatic rings. The van der Waals surface area contributed by atoms with E-state index in [1.54, 1.807) is 18.4 Å². The largest absolute Gasteiger partial charge is 0.369 e. The summed E-state index contributed by atoms with van der Waals surface area (Å²) in [5.74, 6) is -0.218. The molecule has 14 heavy (non-hydrogen) atoms. The third-order valence-electron chi connectivity index (χ3n) is 1.55. The number of para-hydroxylation sites is 1. The van der Waals surface area contributed by atoms with Gasteiger partial charge in [0.2, 0.25) is 12.2 Å². The molecule has 5 nitrogen and oxygen atoms in total. The average Bonchev–Trinajstić information content (AvgIpc) is 2.18. The predicted octanol–water partition coefficient (Wildman–Crippen LogP) is 0.000770. The van der Waals surface area contributed by atoms with Crippen LogP contribution in [0, 0.1) is 5.41 Å². The second-order valence-electron chi connectivity index (χ2n) is 2.59. The van der Waals surface area contributed by atoms with Crippen LogP contribution in [0.15, 0.2) is 30.3 Å². The van der Waals surface area contributed by atoms with Crippen molar-refractivity contribution in [2.75, 3.05) is 11.6 Å². The Hall–Kier alpha value is -2.04. The molecular weight excluding hydrogens is 180 g/mol. The third kappa shape index (κ3) is 2.78. The van der Waals surface area contributed by atoms with Gasteiger partial charge < -0.3 is 5.73 Å². The van der Waals surface area contributed by atoms with E-state index in [9.17, 15) is 4.79 Å². The highest BCUT2D eigenvalue weighted by Gasteiger charge is 2.04.